The maximum atomic E-state index is 13.4. The predicted molar refractivity (Wildman–Crippen MR) is 124 cm³/mol. The minimum atomic E-state index is -0.794. The molecular formula is C26H28O5. The molecule has 3 N–H and O–H groups in total. The molecule has 0 aliphatic rings. The molecule has 1 atom stereocenters. The molecule has 0 aliphatic carbocycles. The fourth-order valence-corrected chi connectivity index (χ4v) is 3.56. The second-order valence-corrected chi connectivity index (χ2v) is 8.25. The number of aromatic hydroxyl groups is 2. The van der Waals surface area contributed by atoms with Crippen LogP contribution in [0.5, 0.6) is 11.5 Å². The molecule has 1 aromatic heterocycles. The van der Waals surface area contributed by atoms with Crippen molar-refractivity contribution in [2.24, 2.45) is 0 Å². The Hall–Kier alpha value is -3.31. The van der Waals surface area contributed by atoms with Crippen molar-refractivity contribution in [2.75, 3.05) is 0 Å². The van der Waals surface area contributed by atoms with Gasteiger partial charge in [-0.3, -0.25) is 4.79 Å². The lowest BCUT2D eigenvalue weighted by Crippen LogP contribution is -2.12. The zero-order chi connectivity index (χ0) is 22.9. The van der Waals surface area contributed by atoms with Crippen LogP contribution in [0, 0.1) is 6.92 Å². The third-order valence-electron chi connectivity index (χ3n) is 5.51. The Kier molecular flexibility index (Phi) is 6.37. The van der Waals surface area contributed by atoms with Gasteiger partial charge >= 0.3 is 0 Å². The fourth-order valence-electron chi connectivity index (χ4n) is 3.56. The first-order chi connectivity index (χ1) is 14.6. The molecule has 5 nitrogen and oxygen atoms in total. The van der Waals surface area contributed by atoms with Crippen molar-refractivity contribution in [1.29, 1.82) is 0 Å². The van der Waals surface area contributed by atoms with Gasteiger partial charge in [0, 0.05) is 18.1 Å². The van der Waals surface area contributed by atoms with Gasteiger partial charge in [0.1, 0.15) is 23.3 Å². The molecule has 0 saturated carbocycles. The molecule has 0 spiro atoms. The van der Waals surface area contributed by atoms with Gasteiger partial charge in [-0.2, -0.15) is 0 Å². The monoisotopic (exact) mass is 420 g/mol. The Morgan fingerprint density at radius 1 is 1.16 bits per heavy atom. The van der Waals surface area contributed by atoms with Gasteiger partial charge in [-0.25, -0.2) is 0 Å². The first-order valence-corrected chi connectivity index (χ1v) is 10.2. The molecule has 1 heterocycles. The van der Waals surface area contributed by atoms with Crippen LogP contribution in [0.3, 0.4) is 0 Å². The van der Waals surface area contributed by atoms with Crippen molar-refractivity contribution in [3.63, 3.8) is 0 Å². The number of allylic oxidation sites excluding steroid dienone is 2. The van der Waals surface area contributed by atoms with Gasteiger partial charge in [-0.1, -0.05) is 29.9 Å². The number of fused-ring (bicyclic) bond motifs is 1. The molecule has 2 aromatic carbocycles. The van der Waals surface area contributed by atoms with E-state index in [0.29, 0.717) is 50.8 Å². The molecule has 3 rings (SSSR count). The molecule has 0 aliphatic heterocycles. The van der Waals surface area contributed by atoms with Crippen LogP contribution in [-0.2, 0) is 12.8 Å². The molecule has 31 heavy (non-hydrogen) atoms. The summed E-state index contributed by atoms with van der Waals surface area (Å²) in [7, 11) is 0. The smallest absolute Gasteiger partial charge is 0.200 e. The van der Waals surface area contributed by atoms with Crippen LogP contribution in [0.1, 0.15) is 37.5 Å². The van der Waals surface area contributed by atoms with E-state index in [0.717, 1.165) is 5.57 Å². The first-order valence-electron chi connectivity index (χ1n) is 10.2. The van der Waals surface area contributed by atoms with Gasteiger partial charge in [0.2, 0.25) is 5.43 Å². The summed E-state index contributed by atoms with van der Waals surface area (Å²) in [6.07, 6.45) is 3.27. The second-order valence-electron chi connectivity index (χ2n) is 8.25. The number of aliphatic hydroxyl groups excluding tert-OH is 1. The number of rotatable bonds is 6. The Morgan fingerprint density at radius 2 is 1.87 bits per heavy atom. The lowest BCUT2D eigenvalue weighted by molar-refractivity contribution is 0.210. The average Bonchev–Trinajstić information content (AvgIpc) is 2.69. The maximum absolute atomic E-state index is 13.4. The molecular weight excluding hydrogens is 392 g/mol. The summed E-state index contributed by atoms with van der Waals surface area (Å²) in [6, 6.07) is 6.31. The minimum absolute atomic E-state index is 0.0411. The summed E-state index contributed by atoms with van der Waals surface area (Å²) >= 11 is 0. The third-order valence-corrected chi connectivity index (χ3v) is 5.51. The van der Waals surface area contributed by atoms with Crippen LogP contribution in [0.2, 0.25) is 0 Å². The molecule has 0 saturated heterocycles. The second kappa shape index (κ2) is 8.82. The van der Waals surface area contributed by atoms with E-state index in [-0.39, 0.29) is 23.3 Å². The van der Waals surface area contributed by atoms with E-state index >= 15 is 0 Å². The standard InChI is InChI=1S/C26H28O5/c1-14(2)6-8-19-16(5)25-24(12-23(19)29)31-13-20(26(25)30)17-7-9-21(27)18(10-17)11-22(28)15(3)4/h6-7,9-10,12-13,22,27-29H,3,8,11H2,1-2,4-5H3. The van der Waals surface area contributed by atoms with E-state index in [2.05, 4.69) is 6.58 Å². The molecule has 0 bridgehead atoms. The summed E-state index contributed by atoms with van der Waals surface area (Å²) in [6.45, 7) is 11.2. The highest BCUT2D eigenvalue weighted by Gasteiger charge is 2.18. The number of hydrogen-bond donors (Lipinski definition) is 3. The van der Waals surface area contributed by atoms with E-state index in [4.69, 9.17) is 4.42 Å². The lowest BCUT2D eigenvalue weighted by atomic mass is 9.95. The van der Waals surface area contributed by atoms with Crippen molar-refractivity contribution in [2.45, 2.75) is 46.6 Å². The Bertz CT molecular complexity index is 1240. The molecule has 0 amide bonds. The zero-order valence-electron chi connectivity index (χ0n) is 18.3. The highest BCUT2D eigenvalue weighted by molar-refractivity contribution is 5.87. The first kappa shape index (κ1) is 22.4. The molecule has 3 aromatic rings. The van der Waals surface area contributed by atoms with E-state index in [1.54, 1.807) is 19.1 Å². The highest BCUT2D eigenvalue weighted by atomic mass is 16.3. The van der Waals surface area contributed by atoms with Crippen molar-refractivity contribution in [3.05, 3.63) is 81.2 Å². The summed E-state index contributed by atoms with van der Waals surface area (Å²) < 4.78 is 5.71. The van der Waals surface area contributed by atoms with E-state index in [9.17, 15) is 20.1 Å². The summed E-state index contributed by atoms with van der Waals surface area (Å²) in [5.41, 5.74) is 4.63. The van der Waals surface area contributed by atoms with Gasteiger partial charge in [-0.15, -0.1) is 0 Å². The van der Waals surface area contributed by atoms with E-state index < -0.39 is 6.10 Å². The van der Waals surface area contributed by atoms with Gasteiger partial charge in [0.15, 0.2) is 0 Å². The number of aliphatic hydroxyl groups is 1. The van der Waals surface area contributed by atoms with Gasteiger partial charge < -0.3 is 19.7 Å². The summed E-state index contributed by atoms with van der Waals surface area (Å²) in [5.74, 6) is 0.137. The minimum Gasteiger partial charge on any atom is -0.508 e. The molecule has 0 radical (unpaired) electrons. The van der Waals surface area contributed by atoms with Gasteiger partial charge in [-0.05, 0) is 62.9 Å². The Labute approximate surface area is 181 Å². The molecule has 5 heteroatoms. The zero-order valence-corrected chi connectivity index (χ0v) is 18.3. The summed E-state index contributed by atoms with van der Waals surface area (Å²) in [4.78, 5) is 13.4. The molecule has 162 valence electrons. The number of benzene rings is 2. The van der Waals surface area contributed by atoms with Crippen molar-refractivity contribution >= 4 is 11.0 Å². The van der Waals surface area contributed by atoms with Crippen LogP contribution in [0.15, 0.2) is 63.5 Å². The molecule has 0 fully saturated rings. The SMILES string of the molecule is C=C(C)C(O)Cc1cc(-c2coc3cc(O)c(CC=C(C)C)c(C)c3c2=O)ccc1O. The van der Waals surface area contributed by atoms with Crippen molar-refractivity contribution in [3.8, 4) is 22.6 Å². The van der Waals surface area contributed by atoms with Crippen molar-refractivity contribution in [1.82, 2.24) is 0 Å². The Balaban J connectivity index is 2.16. The highest BCUT2D eigenvalue weighted by Crippen LogP contribution is 2.32. The number of phenols is 2. The van der Waals surface area contributed by atoms with Crippen LogP contribution < -0.4 is 5.43 Å². The van der Waals surface area contributed by atoms with Crippen LogP contribution in [0.4, 0.5) is 0 Å². The topological polar surface area (TPSA) is 90.9 Å². The third kappa shape index (κ3) is 4.57. The Morgan fingerprint density at radius 3 is 2.52 bits per heavy atom. The number of hydrogen-bond acceptors (Lipinski definition) is 5. The largest absolute Gasteiger partial charge is 0.508 e. The summed E-state index contributed by atoms with van der Waals surface area (Å²) in [5, 5.41) is 31.2. The van der Waals surface area contributed by atoms with E-state index in [1.807, 2.05) is 26.8 Å². The van der Waals surface area contributed by atoms with Crippen LogP contribution in [-0.4, -0.2) is 21.4 Å². The lowest BCUT2D eigenvalue weighted by Gasteiger charge is -2.14. The van der Waals surface area contributed by atoms with Crippen molar-refractivity contribution < 1.29 is 19.7 Å². The van der Waals surface area contributed by atoms with Crippen LogP contribution in [0.25, 0.3) is 22.1 Å². The van der Waals surface area contributed by atoms with E-state index in [1.165, 1.54) is 18.4 Å². The average molecular weight is 421 g/mol. The fraction of sp³-hybridized carbons (Fsp3) is 0.269. The normalized spacial score (nSPS) is 12.0. The molecule has 1 unspecified atom stereocenters. The number of aryl methyl sites for hydroxylation is 1. The quantitative estimate of drug-likeness (QED) is 0.479. The van der Waals surface area contributed by atoms with Gasteiger partial charge in [0.05, 0.1) is 17.1 Å². The number of phenolic OH excluding ortho intramolecular Hbond substituents is 2. The predicted octanol–water partition coefficient (Wildman–Crippen LogP) is 5.17. The van der Waals surface area contributed by atoms with Gasteiger partial charge in [0.25, 0.3) is 0 Å². The maximum Gasteiger partial charge on any atom is 0.200 e. The van der Waals surface area contributed by atoms with Crippen LogP contribution >= 0.6 is 0 Å².